The summed E-state index contributed by atoms with van der Waals surface area (Å²) < 4.78 is 11.9. The molecule has 3 aromatic carbocycles. The number of carbonyl (C=O) groups is 1. The first-order valence-corrected chi connectivity index (χ1v) is 11.6. The van der Waals surface area contributed by atoms with Gasteiger partial charge in [-0.25, -0.2) is 0 Å². The van der Waals surface area contributed by atoms with Crippen LogP contribution in [0.2, 0.25) is 0 Å². The molecule has 5 rings (SSSR count). The molecule has 1 unspecified atom stereocenters. The van der Waals surface area contributed by atoms with E-state index in [1.807, 2.05) is 66.7 Å². The average molecular weight is 456 g/mol. The molecule has 0 radical (unpaired) electrons. The Kier molecular flexibility index (Phi) is 6.34. The third-order valence-corrected chi connectivity index (χ3v) is 6.48. The van der Waals surface area contributed by atoms with Crippen molar-refractivity contribution in [1.82, 2.24) is 9.80 Å². The van der Waals surface area contributed by atoms with Crippen LogP contribution in [0.25, 0.3) is 11.0 Å². The maximum atomic E-state index is 13.2. The second-order valence-corrected chi connectivity index (χ2v) is 8.67. The highest BCUT2D eigenvalue weighted by Gasteiger charge is 2.32. The number of benzene rings is 3. The Morgan fingerprint density at radius 1 is 0.912 bits per heavy atom. The fourth-order valence-corrected chi connectivity index (χ4v) is 4.56. The first-order chi connectivity index (χ1) is 16.6. The summed E-state index contributed by atoms with van der Waals surface area (Å²) in [6.07, 6.45) is 0. The lowest BCUT2D eigenvalue weighted by molar-refractivity contribution is 0.102. The Hall–Kier alpha value is -3.61. The van der Waals surface area contributed by atoms with Gasteiger partial charge in [0, 0.05) is 37.1 Å². The van der Waals surface area contributed by atoms with E-state index in [2.05, 4.69) is 34.3 Å². The number of fused-ring (bicyclic) bond motifs is 1. The van der Waals surface area contributed by atoms with Crippen LogP contribution in [0.15, 0.2) is 83.3 Å². The predicted octanol–water partition coefficient (Wildman–Crippen LogP) is 5.03. The number of carbonyl (C=O) groups excluding carboxylic acids is 1. The van der Waals surface area contributed by atoms with Crippen LogP contribution in [0.1, 0.15) is 27.7 Å². The molecular weight excluding hydrogens is 426 g/mol. The van der Waals surface area contributed by atoms with Gasteiger partial charge in [-0.05, 0) is 49.0 Å². The van der Waals surface area contributed by atoms with E-state index in [0.717, 1.165) is 59.9 Å². The maximum Gasteiger partial charge on any atom is 0.255 e. The van der Waals surface area contributed by atoms with Crippen LogP contribution in [0.4, 0.5) is 5.69 Å². The third-order valence-electron chi connectivity index (χ3n) is 6.48. The largest absolute Gasteiger partial charge is 0.497 e. The molecule has 1 amide bonds. The minimum absolute atomic E-state index is 0.141. The number of hydrogen-bond donors (Lipinski definition) is 1. The second kappa shape index (κ2) is 9.71. The van der Waals surface area contributed by atoms with Gasteiger partial charge in [0.25, 0.3) is 5.91 Å². The van der Waals surface area contributed by atoms with Crippen LogP contribution in [-0.2, 0) is 0 Å². The van der Waals surface area contributed by atoms with Crippen molar-refractivity contribution < 1.29 is 13.9 Å². The number of methoxy groups -OCH3 is 1. The smallest absolute Gasteiger partial charge is 0.255 e. The molecule has 1 aliphatic rings. The van der Waals surface area contributed by atoms with E-state index in [1.165, 1.54) is 0 Å². The summed E-state index contributed by atoms with van der Waals surface area (Å²) in [5.41, 5.74) is 3.19. The molecule has 1 N–H and O–H groups in total. The number of ether oxygens (including phenoxy) is 1. The highest BCUT2D eigenvalue weighted by atomic mass is 16.5. The molecule has 4 aromatic rings. The number of anilines is 1. The van der Waals surface area contributed by atoms with Gasteiger partial charge in [-0.2, -0.15) is 0 Å². The van der Waals surface area contributed by atoms with Gasteiger partial charge in [-0.15, -0.1) is 0 Å². The van der Waals surface area contributed by atoms with Crippen molar-refractivity contribution >= 4 is 22.6 Å². The summed E-state index contributed by atoms with van der Waals surface area (Å²) in [6, 6.07) is 25.1. The number of hydrogen-bond acceptors (Lipinski definition) is 5. The van der Waals surface area contributed by atoms with Gasteiger partial charge in [0.05, 0.1) is 18.8 Å². The minimum Gasteiger partial charge on any atom is -0.497 e. The van der Waals surface area contributed by atoms with E-state index in [-0.39, 0.29) is 11.9 Å². The predicted molar refractivity (Wildman–Crippen MR) is 135 cm³/mol. The van der Waals surface area contributed by atoms with E-state index >= 15 is 0 Å². The topological polar surface area (TPSA) is 58.0 Å². The highest BCUT2D eigenvalue weighted by Crippen LogP contribution is 2.41. The van der Waals surface area contributed by atoms with Crippen LogP contribution < -0.4 is 10.1 Å². The molecule has 6 nitrogen and oxygen atoms in total. The number of piperazine rings is 1. The van der Waals surface area contributed by atoms with E-state index in [0.29, 0.717) is 5.56 Å². The van der Waals surface area contributed by atoms with E-state index < -0.39 is 0 Å². The normalized spacial score (nSPS) is 15.8. The lowest BCUT2D eigenvalue weighted by Crippen LogP contribution is -2.46. The standard InChI is InChI=1S/C28H29N3O3/c1-30-16-18-31(19-17-30)26(20-12-14-22(33-2)15-13-20)27-25(23-10-6-7-11-24(23)34-27)29-28(32)21-8-4-3-5-9-21/h3-15,26H,16-19H2,1-2H3,(H,29,32). The zero-order valence-corrected chi connectivity index (χ0v) is 19.5. The van der Waals surface area contributed by atoms with Gasteiger partial charge in [-0.3, -0.25) is 9.69 Å². The molecular formula is C28H29N3O3. The SMILES string of the molecule is COc1ccc(C(c2oc3ccccc3c2NC(=O)c2ccccc2)N2CCN(C)CC2)cc1. The molecule has 1 saturated heterocycles. The summed E-state index contributed by atoms with van der Waals surface area (Å²) in [5.74, 6) is 1.41. The quantitative estimate of drug-likeness (QED) is 0.442. The first-order valence-electron chi connectivity index (χ1n) is 11.6. The zero-order valence-electron chi connectivity index (χ0n) is 19.5. The molecule has 1 aliphatic heterocycles. The van der Waals surface area contributed by atoms with Crippen molar-refractivity contribution in [1.29, 1.82) is 0 Å². The van der Waals surface area contributed by atoms with Crippen LogP contribution in [0.5, 0.6) is 5.75 Å². The van der Waals surface area contributed by atoms with Gasteiger partial charge < -0.3 is 19.4 Å². The van der Waals surface area contributed by atoms with Crippen molar-refractivity contribution in [2.75, 3.05) is 45.7 Å². The molecule has 1 atom stereocenters. The van der Waals surface area contributed by atoms with E-state index in [1.54, 1.807) is 7.11 Å². The lowest BCUT2D eigenvalue weighted by atomic mass is 9.99. The van der Waals surface area contributed by atoms with Gasteiger partial charge in [0.15, 0.2) is 0 Å². The van der Waals surface area contributed by atoms with Crippen molar-refractivity contribution in [3.63, 3.8) is 0 Å². The summed E-state index contributed by atoms with van der Waals surface area (Å²) >= 11 is 0. The van der Waals surface area contributed by atoms with Crippen LogP contribution in [0.3, 0.4) is 0 Å². The Balaban J connectivity index is 1.61. The van der Waals surface area contributed by atoms with Crippen LogP contribution >= 0.6 is 0 Å². The molecule has 0 spiro atoms. The molecule has 0 bridgehead atoms. The van der Waals surface area contributed by atoms with Crippen LogP contribution in [-0.4, -0.2) is 56.0 Å². The maximum absolute atomic E-state index is 13.2. The summed E-state index contributed by atoms with van der Waals surface area (Å²) in [4.78, 5) is 17.9. The van der Waals surface area contributed by atoms with Crippen molar-refractivity contribution in [3.8, 4) is 5.75 Å². The number of nitrogens with one attached hydrogen (secondary N) is 1. The summed E-state index contributed by atoms with van der Waals surface area (Å²) in [7, 11) is 3.82. The fourth-order valence-electron chi connectivity index (χ4n) is 4.56. The van der Waals surface area contributed by atoms with Gasteiger partial charge in [0.1, 0.15) is 17.1 Å². The van der Waals surface area contributed by atoms with Crippen LogP contribution in [0, 0.1) is 0 Å². The lowest BCUT2D eigenvalue weighted by Gasteiger charge is -2.37. The Bertz CT molecular complexity index is 1260. The highest BCUT2D eigenvalue weighted by molar-refractivity contribution is 6.09. The zero-order chi connectivity index (χ0) is 23.5. The number of para-hydroxylation sites is 1. The minimum atomic E-state index is -0.153. The Labute approximate surface area is 199 Å². The third kappa shape index (κ3) is 4.42. The van der Waals surface area contributed by atoms with E-state index in [9.17, 15) is 4.79 Å². The molecule has 34 heavy (non-hydrogen) atoms. The van der Waals surface area contributed by atoms with Gasteiger partial charge in [0.2, 0.25) is 0 Å². The molecule has 6 heteroatoms. The molecule has 174 valence electrons. The monoisotopic (exact) mass is 455 g/mol. The molecule has 1 aromatic heterocycles. The van der Waals surface area contributed by atoms with E-state index in [4.69, 9.17) is 9.15 Å². The van der Waals surface area contributed by atoms with Gasteiger partial charge >= 0.3 is 0 Å². The Morgan fingerprint density at radius 2 is 1.59 bits per heavy atom. The molecule has 0 saturated carbocycles. The van der Waals surface area contributed by atoms with Crippen molar-refractivity contribution in [2.24, 2.45) is 0 Å². The first kappa shape index (κ1) is 22.2. The fraction of sp³-hybridized carbons (Fsp3) is 0.250. The number of furan rings is 1. The molecule has 2 heterocycles. The van der Waals surface area contributed by atoms with Gasteiger partial charge in [-0.1, -0.05) is 42.5 Å². The second-order valence-electron chi connectivity index (χ2n) is 8.67. The number of amides is 1. The molecule has 0 aliphatic carbocycles. The number of likely N-dealkylation sites (N-methyl/N-ethyl adjacent to an activating group) is 1. The number of rotatable bonds is 6. The average Bonchev–Trinajstić information content (AvgIpc) is 3.24. The van der Waals surface area contributed by atoms with Crippen molar-refractivity contribution in [3.05, 3.63) is 95.7 Å². The Morgan fingerprint density at radius 3 is 2.29 bits per heavy atom. The van der Waals surface area contributed by atoms with Crippen molar-refractivity contribution in [2.45, 2.75) is 6.04 Å². The summed E-state index contributed by atoms with van der Waals surface area (Å²) in [6.45, 7) is 3.74. The number of nitrogens with zero attached hydrogens (tertiary/aromatic N) is 2. The molecule has 1 fully saturated rings. The summed E-state index contributed by atoms with van der Waals surface area (Å²) in [5, 5.41) is 4.07.